The summed E-state index contributed by atoms with van der Waals surface area (Å²) in [6.07, 6.45) is 1.23. The number of hydrogen-bond donors (Lipinski definition) is 2. The van der Waals surface area contributed by atoms with Gasteiger partial charge in [0, 0.05) is 11.4 Å². The molecule has 4 heteroatoms. The maximum Gasteiger partial charge on any atom is 0.205 e. The molecule has 0 atom stereocenters. The topological polar surface area (TPSA) is 40.7 Å². The van der Waals surface area contributed by atoms with E-state index in [1.165, 1.54) is 17.7 Å². The second-order valence-electron chi connectivity index (χ2n) is 4.98. The summed E-state index contributed by atoms with van der Waals surface area (Å²) in [7, 11) is 0. The van der Waals surface area contributed by atoms with Gasteiger partial charge in [-0.3, -0.25) is 0 Å². The lowest BCUT2D eigenvalue weighted by Gasteiger charge is -2.05. The number of aromatic nitrogens is 2. The highest BCUT2D eigenvalue weighted by atomic mass is 32.2. The number of anilines is 2. The number of para-hydroxylation sites is 2. The van der Waals surface area contributed by atoms with Crippen molar-refractivity contribution in [3.05, 3.63) is 54.1 Å². The van der Waals surface area contributed by atoms with Crippen LogP contribution < -0.4 is 5.32 Å². The van der Waals surface area contributed by atoms with Crippen molar-refractivity contribution < 1.29 is 0 Å². The summed E-state index contributed by atoms with van der Waals surface area (Å²) in [6, 6.07) is 16.6. The molecule has 0 amide bonds. The molecule has 0 saturated carbocycles. The Bertz CT molecular complexity index is 670. The van der Waals surface area contributed by atoms with Crippen LogP contribution in [0.15, 0.2) is 48.5 Å². The molecule has 1 heterocycles. The van der Waals surface area contributed by atoms with Crippen LogP contribution in [0.25, 0.3) is 11.0 Å². The third kappa shape index (κ3) is 3.58. The van der Waals surface area contributed by atoms with Crippen LogP contribution >= 0.6 is 11.8 Å². The van der Waals surface area contributed by atoms with Crippen LogP contribution in [0, 0.1) is 0 Å². The molecule has 0 fully saturated rings. The Hall–Kier alpha value is -1.94. The van der Waals surface area contributed by atoms with E-state index >= 15 is 0 Å². The first-order valence-electron chi connectivity index (χ1n) is 7.23. The van der Waals surface area contributed by atoms with E-state index in [0.717, 1.165) is 28.4 Å². The van der Waals surface area contributed by atoms with E-state index in [4.69, 9.17) is 0 Å². The van der Waals surface area contributed by atoms with E-state index in [1.807, 2.05) is 36.0 Å². The number of thioether (sulfide) groups is 1. The summed E-state index contributed by atoms with van der Waals surface area (Å²) in [5.41, 5.74) is 4.45. The van der Waals surface area contributed by atoms with E-state index in [9.17, 15) is 0 Å². The Morgan fingerprint density at radius 3 is 2.67 bits per heavy atom. The molecule has 3 nitrogen and oxygen atoms in total. The molecule has 1 aromatic heterocycles. The molecule has 0 aliphatic rings. The molecule has 2 N–H and O–H groups in total. The summed E-state index contributed by atoms with van der Waals surface area (Å²) in [5.74, 6) is 3.09. The molecule has 0 saturated heterocycles. The predicted octanol–water partition coefficient (Wildman–Crippen LogP) is 4.95. The summed E-state index contributed by atoms with van der Waals surface area (Å²) in [6.45, 7) is 2.22. The first-order chi connectivity index (χ1) is 10.3. The molecule has 0 unspecified atom stereocenters. The Morgan fingerprint density at radius 1 is 1.10 bits per heavy atom. The Labute approximate surface area is 129 Å². The molecule has 3 rings (SSSR count). The smallest absolute Gasteiger partial charge is 0.205 e. The van der Waals surface area contributed by atoms with Crippen LogP contribution in [-0.2, 0) is 5.75 Å². The van der Waals surface area contributed by atoms with Crippen molar-refractivity contribution in [1.82, 2.24) is 9.97 Å². The minimum Gasteiger partial charge on any atom is -0.326 e. The molecular weight excluding hydrogens is 278 g/mol. The van der Waals surface area contributed by atoms with Crippen LogP contribution in [0.1, 0.15) is 18.9 Å². The highest BCUT2D eigenvalue weighted by Crippen LogP contribution is 2.20. The Balaban J connectivity index is 1.67. The third-order valence-electron chi connectivity index (χ3n) is 3.22. The Morgan fingerprint density at radius 2 is 1.90 bits per heavy atom. The van der Waals surface area contributed by atoms with Gasteiger partial charge in [0.1, 0.15) is 0 Å². The SMILES string of the molecule is CCCSCc1ccc(Nc2nc3ccccc3[nH]2)cc1. The minimum absolute atomic E-state index is 0.782. The van der Waals surface area contributed by atoms with Crippen molar-refractivity contribution in [3.63, 3.8) is 0 Å². The van der Waals surface area contributed by atoms with E-state index in [-0.39, 0.29) is 0 Å². The maximum absolute atomic E-state index is 4.52. The van der Waals surface area contributed by atoms with E-state index in [1.54, 1.807) is 0 Å². The number of imidazole rings is 1. The molecule has 0 aliphatic carbocycles. The van der Waals surface area contributed by atoms with Gasteiger partial charge in [0.05, 0.1) is 11.0 Å². The van der Waals surface area contributed by atoms with Gasteiger partial charge in [0.25, 0.3) is 0 Å². The van der Waals surface area contributed by atoms with Crippen LogP contribution in [0.4, 0.5) is 11.6 Å². The monoisotopic (exact) mass is 297 g/mol. The molecule has 0 bridgehead atoms. The molecule has 0 aliphatic heterocycles. The summed E-state index contributed by atoms with van der Waals surface area (Å²) in [4.78, 5) is 7.79. The van der Waals surface area contributed by atoms with E-state index in [0.29, 0.717) is 0 Å². The van der Waals surface area contributed by atoms with Gasteiger partial charge in [0.15, 0.2) is 0 Å². The zero-order valence-electron chi connectivity index (χ0n) is 12.1. The zero-order valence-corrected chi connectivity index (χ0v) is 12.9. The summed E-state index contributed by atoms with van der Waals surface area (Å²) >= 11 is 1.98. The highest BCUT2D eigenvalue weighted by Gasteiger charge is 2.02. The van der Waals surface area contributed by atoms with Crippen LogP contribution in [0.3, 0.4) is 0 Å². The maximum atomic E-state index is 4.52. The lowest BCUT2D eigenvalue weighted by Crippen LogP contribution is -1.92. The lowest BCUT2D eigenvalue weighted by atomic mass is 10.2. The van der Waals surface area contributed by atoms with Crippen LogP contribution in [-0.4, -0.2) is 15.7 Å². The molecular formula is C17H19N3S. The van der Waals surface area contributed by atoms with Crippen molar-refractivity contribution in [2.75, 3.05) is 11.1 Å². The number of hydrogen-bond acceptors (Lipinski definition) is 3. The number of nitrogens with zero attached hydrogens (tertiary/aromatic N) is 1. The van der Waals surface area contributed by atoms with E-state index in [2.05, 4.69) is 46.5 Å². The fourth-order valence-electron chi connectivity index (χ4n) is 2.17. The van der Waals surface area contributed by atoms with Crippen molar-refractivity contribution in [3.8, 4) is 0 Å². The number of H-pyrrole nitrogens is 1. The number of benzene rings is 2. The molecule has 0 radical (unpaired) electrons. The third-order valence-corrected chi connectivity index (χ3v) is 4.46. The minimum atomic E-state index is 0.782. The van der Waals surface area contributed by atoms with Gasteiger partial charge in [-0.05, 0) is 42.0 Å². The molecule has 3 aromatic rings. The zero-order chi connectivity index (χ0) is 14.5. The molecule has 108 valence electrons. The number of aromatic amines is 1. The normalized spacial score (nSPS) is 10.9. The van der Waals surface area contributed by atoms with Gasteiger partial charge in [-0.25, -0.2) is 4.98 Å². The van der Waals surface area contributed by atoms with Crippen molar-refractivity contribution in [2.45, 2.75) is 19.1 Å². The molecule has 2 aromatic carbocycles. The molecule has 21 heavy (non-hydrogen) atoms. The van der Waals surface area contributed by atoms with Crippen LogP contribution in [0.5, 0.6) is 0 Å². The van der Waals surface area contributed by atoms with Crippen molar-refractivity contribution >= 4 is 34.4 Å². The first-order valence-corrected chi connectivity index (χ1v) is 8.39. The second kappa shape index (κ2) is 6.68. The van der Waals surface area contributed by atoms with Gasteiger partial charge in [-0.15, -0.1) is 0 Å². The van der Waals surface area contributed by atoms with Gasteiger partial charge in [0.2, 0.25) is 5.95 Å². The quantitative estimate of drug-likeness (QED) is 0.632. The standard InChI is InChI=1S/C17H19N3S/c1-2-11-21-12-13-7-9-14(10-8-13)18-17-19-15-5-3-4-6-16(15)20-17/h3-10H,2,11-12H2,1H3,(H2,18,19,20). The van der Waals surface area contributed by atoms with Crippen molar-refractivity contribution in [2.24, 2.45) is 0 Å². The van der Waals surface area contributed by atoms with Gasteiger partial charge in [-0.2, -0.15) is 11.8 Å². The number of nitrogens with one attached hydrogen (secondary N) is 2. The second-order valence-corrected chi connectivity index (χ2v) is 6.08. The van der Waals surface area contributed by atoms with Crippen LogP contribution in [0.2, 0.25) is 0 Å². The average molecular weight is 297 g/mol. The van der Waals surface area contributed by atoms with Crippen molar-refractivity contribution in [1.29, 1.82) is 0 Å². The number of rotatable bonds is 6. The fraction of sp³-hybridized carbons (Fsp3) is 0.235. The largest absolute Gasteiger partial charge is 0.326 e. The van der Waals surface area contributed by atoms with Gasteiger partial charge >= 0.3 is 0 Å². The fourth-order valence-corrected chi connectivity index (χ4v) is 3.03. The summed E-state index contributed by atoms with van der Waals surface area (Å²) in [5, 5.41) is 3.31. The lowest BCUT2D eigenvalue weighted by molar-refractivity contribution is 1.10. The van der Waals surface area contributed by atoms with Gasteiger partial charge < -0.3 is 10.3 Å². The van der Waals surface area contributed by atoms with E-state index < -0.39 is 0 Å². The summed E-state index contributed by atoms with van der Waals surface area (Å²) < 4.78 is 0. The van der Waals surface area contributed by atoms with Gasteiger partial charge in [-0.1, -0.05) is 31.2 Å². The highest BCUT2D eigenvalue weighted by molar-refractivity contribution is 7.98. The average Bonchev–Trinajstić information content (AvgIpc) is 2.91. The predicted molar refractivity (Wildman–Crippen MR) is 92.3 cm³/mol. The molecule has 0 spiro atoms. The first kappa shape index (κ1) is 14.0. The number of fused-ring (bicyclic) bond motifs is 1. The Kier molecular flexibility index (Phi) is 4.46.